The first-order valence-corrected chi connectivity index (χ1v) is 10.1. The van der Waals surface area contributed by atoms with Crippen LogP contribution in [0.2, 0.25) is 0 Å². The zero-order valence-corrected chi connectivity index (χ0v) is 18.0. The summed E-state index contributed by atoms with van der Waals surface area (Å²) in [5.41, 5.74) is 12.6. The minimum absolute atomic E-state index is 0. The summed E-state index contributed by atoms with van der Waals surface area (Å²) in [7, 11) is 0. The number of carbonyl (C=O) groups excluding carboxylic acids is 1. The number of halogens is 1. The molecule has 0 unspecified atom stereocenters. The molecular weight excluding hydrogens is 386 g/mol. The molecule has 0 aromatic carbocycles. The number of hydrogen-bond acceptors (Lipinski definition) is 5. The van der Waals surface area contributed by atoms with Gasteiger partial charge in [0, 0.05) is 17.7 Å². The minimum atomic E-state index is -0.170. The van der Waals surface area contributed by atoms with E-state index in [9.17, 15) is 9.90 Å². The molecular formula is C20H41AlClLiN2O3. The Morgan fingerprint density at radius 3 is 1.57 bits per heavy atom. The van der Waals surface area contributed by atoms with E-state index in [4.69, 9.17) is 16.2 Å². The average Bonchev–Trinajstić information content (AvgIpc) is 2.64. The standard InChI is InChI=1S/C11H19NO2.C9H17NO.Al.ClH.Li.4H/c1-2-14-9(13)10-3-6-11(12,7-4-10)8-5-10;10-9-4-1-8(7-11,2-5-9)3-6-9;;;;;;;/h2-8,12H2,1H3;11H,1-7,10H2;;1H;;;;;/q;;;;+1;;;;-1. The van der Waals surface area contributed by atoms with Crippen LogP contribution in [-0.2, 0) is 9.53 Å². The molecule has 160 valence electrons. The van der Waals surface area contributed by atoms with Crippen LogP contribution in [0.4, 0.5) is 0 Å². The van der Waals surface area contributed by atoms with Crippen LogP contribution >= 0.6 is 12.4 Å². The molecule has 0 radical (unpaired) electrons. The Morgan fingerprint density at radius 1 is 0.893 bits per heavy atom. The maximum absolute atomic E-state index is 11.8. The quantitative estimate of drug-likeness (QED) is 0.396. The van der Waals surface area contributed by atoms with E-state index in [0.29, 0.717) is 13.2 Å². The third-order valence-corrected chi connectivity index (χ3v) is 7.81. The van der Waals surface area contributed by atoms with Gasteiger partial charge >= 0.3 is 24.8 Å². The molecule has 6 fully saturated rings. The van der Waals surface area contributed by atoms with Gasteiger partial charge in [-0.25, -0.2) is 0 Å². The summed E-state index contributed by atoms with van der Waals surface area (Å²) in [5.74, 6) is 0.0155. The van der Waals surface area contributed by atoms with Gasteiger partial charge in [-0.05, 0) is 89.4 Å². The first kappa shape index (κ1) is 28.8. The zero-order chi connectivity index (χ0) is 18.2. The molecule has 0 aliphatic heterocycles. The van der Waals surface area contributed by atoms with Crippen molar-refractivity contribution in [3.05, 3.63) is 0 Å². The van der Waals surface area contributed by atoms with Gasteiger partial charge in [-0.1, -0.05) is 0 Å². The van der Waals surface area contributed by atoms with E-state index in [-0.39, 0.29) is 77.9 Å². The summed E-state index contributed by atoms with van der Waals surface area (Å²) in [6.07, 6.45) is 12.6. The summed E-state index contributed by atoms with van der Waals surface area (Å²) < 4.78 is 5.15. The molecule has 0 aromatic heterocycles. The van der Waals surface area contributed by atoms with E-state index < -0.39 is 0 Å². The van der Waals surface area contributed by atoms with Gasteiger partial charge in [0.05, 0.1) is 12.0 Å². The van der Waals surface area contributed by atoms with Crippen molar-refractivity contribution < 1.29 is 34.9 Å². The van der Waals surface area contributed by atoms with Crippen molar-refractivity contribution in [3.63, 3.8) is 0 Å². The molecule has 0 heterocycles. The Bertz CT molecular complexity index is 481. The number of aliphatic hydroxyl groups excluding tert-OH is 1. The molecule has 0 aromatic rings. The van der Waals surface area contributed by atoms with Crippen molar-refractivity contribution in [1.29, 1.82) is 0 Å². The predicted molar refractivity (Wildman–Crippen MR) is 116 cm³/mol. The number of fused-ring (bicyclic) bond motifs is 6. The Balaban J connectivity index is 0. The van der Waals surface area contributed by atoms with Crippen LogP contribution in [0.25, 0.3) is 0 Å². The molecule has 5 nitrogen and oxygen atoms in total. The topological polar surface area (TPSA) is 98.6 Å². The maximum atomic E-state index is 11.8. The summed E-state index contributed by atoms with van der Waals surface area (Å²) in [5, 5.41) is 9.21. The van der Waals surface area contributed by atoms with Crippen LogP contribution in [0.15, 0.2) is 0 Å². The van der Waals surface area contributed by atoms with E-state index in [0.717, 1.165) is 77.0 Å². The Kier molecular flexibility index (Phi) is 11.2. The number of carbonyl (C=O) groups is 1. The number of aliphatic hydroxyl groups is 1. The Hall–Kier alpha value is 0.770. The van der Waals surface area contributed by atoms with Crippen molar-refractivity contribution in [2.75, 3.05) is 13.2 Å². The summed E-state index contributed by atoms with van der Waals surface area (Å²) in [6.45, 7) is 2.74. The first-order chi connectivity index (χ1) is 11.8. The monoisotopic (exact) mass is 426 g/mol. The summed E-state index contributed by atoms with van der Waals surface area (Å²) in [6, 6.07) is 0. The Morgan fingerprint density at radius 2 is 1.25 bits per heavy atom. The largest absolute Gasteiger partial charge is 1.00 e. The van der Waals surface area contributed by atoms with Crippen LogP contribution in [-0.4, -0.2) is 52.7 Å². The molecule has 0 spiro atoms. The zero-order valence-electron chi connectivity index (χ0n) is 18.2. The third kappa shape index (κ3) is 5.93. The van der Waals surface area contributed by atoms with Crippen LogP contribution < -0.4 is 30.3 Å². The normalized spacial score (nSPS) is 40.0. The smallest absolute Gasteiger partial charge is 1.00 e. The molecule has 0 atom stereocenters. The number of nitrogens with two attached hydrogens (primary N) is 2. The fraction of sp³-hybridized carbons (Fsp3) is 0.950. The van der Waals surface area contributed by atoms with Crippen LogP contribution in [0.1, 0.15) is 85.4 Å². The number of ether oxygens (including phenoxy) is 1. The SMILES string of the molecule is CCOC(=O)C12CCC(N)(CC1)CC2.Cl.NC12CCC(CO)(CC1)CC2.[AlH3].[H-].[Li+]. The van der Waals surface area contributed by atoms with Crippen molar-refractivity contribution in [2.24, 2.45) is 22.3 Å². The minimum Gasteiger partial charge on any atom is -1.00 e. The fourth-order valence-corrected chi connectivity index (χ4v) is 5.33. The van der Waals surface area contributed by atoms with Gasteiger partial charge in [0.1, 0.15) is 0 Å². The van der Waals surface area contributed by atoms with Crippen LogP contribution in [0.5, 0.6) is 0 Å². The summed E-state index contributed by atoms with van der Waals surface area (Å²) >= 11 is 0. The van der Waals surface area contributed by atoms with Gasteiger partial charge in [0.2, 0.25) is 0 Å². The number of hydrogen-bond donors (Lipinski definition) is 3. The van der Waals surface area contributed by atoms with E-state index in [1.165, 1.54) is 0 Å². The van der Waals surface area contributed by atoms with Crippen molar-refractivity contribution >= 4 is 35.7 Å². The molecule has 5 N–H and O–H groups in total. The van der Waals surface area contributed by atoms with Gasteiger partial charge in [0.15, 0.2) is 17.4 Å². The molecule has 6 aliphatic carbocycles. The summed E-state index contributed by atoms with van der Waals surface area (Å²) in [4.78, 5) is 11.8. The van der Waals surface area contributed by atoms with Crippen molar-refractivity contribution in [1.82, 2.24) is 0 Å². The van der Waals surface area contributed by atoms with Crippen LogP contribution in [0, 0.1) is 10.8 Å². The first-order valence-electron chi connectivity index (χ1n) is 10.1. The molecule has 4 bridgehead atoms. The maximum Gasteiger partial charge on any atom is 1.00 e. The van der Waals surface area contributed by atoms with Gasteiger partial charge in [-0.3, -0.25) is 4.79 Å². The second-order valence-electron chi connectivity index (χ2n) is 9.38. The van der Waals surface area contributed by atoms with Crippen molar-refractivity contribution in [3.8, 4) is 0 Å². The molecule has 0 saturated heterocycles. The molecule has 6 saturated carbocycles. The van der Waals surface area contributed by atoms with E-state index in [1.807, 2.05) is 6.92 Å². The second-order valence-corrected chi connectivity index (χ2v) is 9.38. The third-order valence-electron chi connectivity index (χ3n) is 7.81. The number of esters is 1. The molecule has 8 heteroatoms. The molecule has 6 rings (SSSR count). The molecule has 28 heavy (non-hydrogen) atoms. The number of rotatable bonds is 3. The van der Waals surface area contributed by atoms with E-state index in [2.05, 4.69) is 0 Å². The average molecular weight is 427 g/mol. The second kappa shape index (κ2) is 10.9. The van der Waals surface area contributed by atoms with Gasteiger partial charge < -0.3 is 22.7 Å². The molecule has 0 amide bonds. The predicted octanol–water partition coefficient (Wildman–Crippen LogP) is -1.01. The van der Waals surface area contributed by atoms with Crippen molar-refractivity contribution in [2.45, 2.75) is 95.1 Å². The van der Waals surface area contributed by atoms with Gasteiger partial charge in [-0.2, -0.15) is 0 Å². The van der Waals surface area contributed by atoms with E-state index >= 15 is 0 Å². The van der Waals surface area contributed by atoms with E-state index in [1.54, 1.807) is 0 Å². The Labute approximate surface area is 200 Å². The van der Waals surface area contributed by atoms with Gasteiger partial charge in [0.25, 0.3) is 0 Å². The molecule has 6 aliphatic rings. The fourth-order valence-electron chi connectivity index (χ4n) is 5.33. The van der Waals surface area contributed by atoms with Crippen LogP contribution in [0.3, 0.4) is 0 Å². The van der Waals surface area contributed by atoms with Gasteiger partial charge in [-0.15, -0.1) is 12.4 Å².